The van der Waals surface area contributed by atoms with E-state index in [-0.39, 0.29) is 34.5 Å². The number of ether oxygens (including phenoxy) is 1. The van der Waals surface area contributed by atoms with E-state index in [0.717, 1.165) is 50.7 Å². The van der Waals surface area contributed by atoms with Crippen molar-refractivity contribution >= 4 is 48.7 Å². The molecular weight excluding hydrogens is 646 g/mol. The highest BCUT2D eigenvalue weighted by Gasteiger charge is 2.33. The highest BCUT2D eigenvalue weighted by atomic mass is 32.2. The number of sulfonamides is 1. The number of fused-ring (bicyclic) bond motifs is 1. The molecule has 3 aromatic rings. The van der Waals surface area contributed by atoms with Gasteiger partial charge in [-0.2, -0.15) is 18.4 Å². The van der Waals surface area contributed by atoms with Gasteiger partial charge in [0.15, 0.2) is 6.61 Å². The van der Waals surface area contributed by atoms with Gasteiger partial charge in [-0.3, -0.25) is 4.79 Å². The van der Waals surface area contributed by atoms with Crippen molar-refractivity contribution in [1.82, 2.24) is 9.62 Å². The van der Waals surface area contributed by atoms with Crippen molar-refractivity contribution in [1.29, 1.82) is 5.26 Å². The minimum atomic E-state index is -4.56. The Bertz CT molecular complexity index is 1830. The molecule has 15 heteroatoms. The number of carbonyl (C=O) groups is 1. The summed E-state index contributed by atoms with van der Waals surface area (Å²) >= 11 is 1.17. The van der Waals surface area contributed by atoms with Crippen LogP contribution in [0.5, 0.6) is 5.75 Å². The smallest absolute Gasteiger partial charge is 0.393 e. The van der Waals surface area contributed by atoms with Gasteiger partial charge < -0.3 is 20.3 Å². The number of hydrogen-bond donors (Lipinski definition) is 3. The van der Waals surface area contributed by atoms with Crippen LogP contribution in [-0.2, 0) is 21.2 Å². The van der Waals surface area contributed by atoms with Gasteiger partial charge in [-0.1, -0.05) is 24.0 Å². The maximum absolute atomic E-state index is 14.8. The molecule has 0 unspecified atom stereocenters. The lowest BCUT2D eigenvalue weighted by molar-refractivity contribution is -0.127. The molecule has 0 radical (unpaired) electrons. The van der Waals surface area contributed by atoms with Crippen molar-refractivity contribution in [2.75, 3.05) is 36.9 Å². The number of amides is 1. The minimum absolute atomic E-state index is 0.0464. The lowest BCUT2D eigenvalue weighted by Crippen LogP contribution is -2.40. The molecular formula is C31H31F4N5O4S2. The number of nitriles is 1. The number of piperidine rings is 1. The summed E-state index contributed by atoms with van der Waals surface area (Å²) in [6, 6.07) is 9.54. The number of nitrogens with zero attached hydrogens (tertiary/aromatic N) is 2. The van der Waals surface area contributed by atoms with E-state index in [2.05, 4.69) is 27.4 Å². The molecule has 0 atom stereocenters. The molecule has 1 aliphatic heterocycles. The minimum Gasteiger partial charge on any atom is -0.477 e. The number of alkyl halides is 3. The second-order valence-corrected chi connectivity index (χ2v) is 13.8. The molecule has 0 bridgehead atoms. The zero-order valence-electron chi connectivity index (χ0n) is 24.8. The Balaban J connectivity index is 1.38. The Morgan fingerprint density at radius 1 is 1.15 bits per heavy atom. The Labute approximate surface area is 268 Å². The fourth-order valence-corrected chi connectivity index (χ4v) is 7.68. The largest absolute Gasteiger partial charge is 0.477 e. The van der Waals surface area contributed by atoms with Gasteiger partial charge in [0.05, 0.1) is 33.9 Å². The molecule has 1 aliphatic carbocycles. The van der Waals surface area contributed by atoms with E-state index >= 15 is 0 Å². The van der Waals surface area contributed by atoms with Gasteiger partial charge in [0.25, 0.3) is 10.0 Å². The zero-order chi connectivity index (χ0) is 33.1. The van der Waals surface area contributed by atoms with Crippen LogP contribution < -0.4 is 20.1 Å². The Morgan fingerprint density at radius 3 is 2.54 bits per heavy atom. The van der Waals surface area contributed by atoms with Crippen LogP contribution in [0.2, 0.25) is 0 Å². The summed E-state index contributed by atoms with van der Waals surface area (Å²) in [4.78, 5) is 13.2. The third kappa shape index (κ3) is 8.20. The number of hydrogen-bond acceptors (Lipinski definition) is 9. The van der Waals surface area contributed by atoms with Crippen molar-refractivity contribution in [3.63, 3.8) is 0 Å². The molecule has 5 rings (SSSR count). The first-order chi connectivity index (χ1) is 21.8. The number of anilines is 2. The van der Waals surface area contributed by atoms with E-state index in [0.29, 0.717) is 16.1 Å². The molecule has 2 heterocycles. The highest BCUT2D eigenvalue weighted by molar-refractivity contribution is 7.90. The first-order valence-corrected chi connectivity index (χ1v) is 16.9. The maximum atomic E-state index is 14.8. The molecule has 3 N–H and O–H groups in total. The van der Waals surface area contributed by atoms with Crippen LogP contribution in [0.1, 0.15) is 43.0 Å². The van der Waals surface area contributed by atoms with E-state index < -0.39 is 45.8 Å². The standard InChI is InChI=1S/C31H31F4N5O4S2/c1-19(41)39-46(42,43)29-17-27(44-15-11-36)26(16-24(29)32)37-12-3-6-28-23(18-31(33,34)35)22-4-2-5-25(30(22)45-28)38-20-9-13-40(14-10-20)21-7-8-21/h2,4-5,16-17,20-21,37-38H,7-10,12-15,18H2,1H3,(H,39,41). The third-order valence-corrected chi connectivity index (χ3v) is 10.3. The number of likely N-dealkylation sites (tertiary alicyclic amines) is 1. The summed E-state index contributed by atoms with van der Waals surface area (Å²) in [5.74, 6) is 3.26. The lowest BCUT2D eigenvalue weighted by Gasteiger charge is -2.33. The van der Waals surface area contributed by atoms with Gasteiger partial charge in [-0.25, -0.2) is 17.5 Å². The fraction of sp³-hybridized carbons (Fsp3) is 0.419. The first-order valence-electron chi connectivity index (χ1n) is 14.6. The lowest BCUT2D eigenvalue weighted by atomic mass is 10.0. The van der Waals surface area contributed by atoms with E-state index in [1.807, 2.05) is 6.07 Å². The fourth-order valence-electron chi connectivity index (χ4n) is 5.45. The van der Waals surface area contributed by atoms with Gasteiger partial charge in [0, 0.05) is 44.2 Å². The molecule has 0 spiro atoms. The van der Waals surface area contributed by atoms with Crippen molar-refractivity contribution in [2.24, 2.45) is 0 Å². The van der Waals surface area contributed by atoms with Crippen molar-refractivity contribution in [3.8, 4) is 23.7 Å². The molecule has 2 aliphatic rings. The molecule has 2 aromatic carbocycles. The van der Waals surface area contributed by atoms with Crippen LogP contribution in [0.4, 0.5) is 28.9 Å². The Hall–Kier alpha value is -4.05. The van der Waals surface area contributed by atoms with Gasteiger partial charge >= 0.3 is 6.18 Å². The Kier molecular flexibility index (Phi) is 9.96. The summed E-state index contributed by atoms with van der Waals surface area (Å²) in [5.41, 5.74) is 0.796. The van der Waals surface area contributed by atoms with Gasteiger partial charge in [-0.05, 0) is 42.7 Å². The summed E-state index contributed by atoms with van der Waals surface area (Å²) in [6.07, 6.45) is -1.23. The summed E-state index contributed by atoms with van der Waals surface area (Å²) in [7, 11) is -4.56. The monoisotopic (exact) mass is 677 g/mol. The van der Waals surface area contributed by atoms with Crippen LogP contribution >= 0.6 is 11.3 Å². The number of rotatable bonds is 10. The molecule has 9 nitrogen and oxygen atoms in total. The summed E-state index contributed by atoms with van der Waals surface area (Å²) < 4.78 is 88.2. The van der Waals surface area contributed by atoms with Crippen LogP contribution in [0, 0.1) is 29.0 Å². The van der Waals surface area contributed by atoms with E-state index in [9.17, 15) is 30.8 Å². The molecule has 1 saturated heterocycles. The molecule has 244 valence electrons. The van der Waals surface area contributed by atoms with Crippen LogP contribution in [0.3, 0.4) is 0 Å². The number of nitrogens with one attached hydrogen (secondary N) is 3. The van der Waals surface area contributed by atoms with E-state index in [4.69, 9.17) is 10.00 Å². The predicted octanol–water partition coefficient (Wildman–Crippen LogP) is 5.37. The van der Waals surface area contributed by atoms with Gasteiger partial charge in [0.2, 0.25) is 5.91 Å². The molecule has 1 amide bonds. The van der Waals surface area contributed by atoms with Crippen LogP contribution in [-0.4, -0.2) is 63.7 Å². The number of thiophene rings is 1. The quantitative estimate of drug-likeness (QED) is 0.193. The maximum Gasteiger partial charge on any atom is 0.393 e. The van der Waals surface area contributed by atoms with Crippen molar-refractivity contribution in [2.45, 2.75) is 62.2 Å². The average Bonchev–Trinajstić information content (AvgIpc) is 3.77. The molecule has 1 saturated carbocycles. The van der Waals surface area contributed by atoms with Gasteiger partial charge in [0.1, 0.15) is 22.5 Å². The predicted molar refractivity (Wildman–Crippen MR) is 167 cm³/mol. The number of halogens is 4. The SMILES string of the molecule is CC(=O)NS(=O)(=O)c1cc(OCC#N)c(NCC#Cc2sc3c(NC4CCN(C5CC5)CC4)cccc3c2CC(F)(F)F)cc1F. The second kappa shape index (κ2) is 13.7. The van der Waals surface area contributed by atoms with Crippen molar-refractivity contribution < 1.29 is 35.5 Å². The highest BCUT2D eigenvalue weighted by Crippen LogP contribution is 2.40. The molecule has 1 aromatic heterocycles. The van der Waals surface area contributed by atoms with Crippen molar-refractivity contribution in [3.05, 3.63) is 46.6 Å². The molecule has 2 fully saturated rings. The zero-order valence-corrected chi connectivity index (χ0v) is 26.4. The normalized spacial score (nSPS) is 15.9. The van der Waals surface area contributed by atoms with Crippen LogP contribution in [0.15, 0.2) is 35.2 Å². The summed E-state index contributed by atoms with van der Waals surface area (Å²) in [5, 5.41) is 15.7. The topological polar surface area (TPSA) is 124 Å². The Morgan fingerprint density at radius 2 is 1.89 bits per heavy atom. The first kappa shape index (κ1) is 33.3. The van der Waals surface area contributed by atoms with Gasteiger partial charge in [-0.15, -0.1) is 11.3 Å². The van der Waals surface area contributed by atoms with E-state index in [1.54, 1.807) is 22.9 Å². The third-order valence-electron chi connectivity index (χ3n) is 7.61. The summed E-state index contributed by atoms with van der Waals surface area (Å²) in [6.45, 7) is 2.26. The van der Waals surface area contributed by atoms with Crippen LogP contribution in [0.25, 0.3) is 10.1 Å². The number of benzene rings is 2. The average molecular weight is 678 g/mol. The van der Waals surface area contributed by atoms with E-state index in [1.165, 1.54) is 24.2 Å². The second-order valence-electron chi connectivity index (χ2n) is 11.1. The molecule has 46 heavy (non-hydrogen) atoms. The number of carbonyl (C=O) groups excluding carboxylic acids is 1.